The van der Waals surface area contributed by atoms with E-state index in [-0.39, 0.29) is 6.04 Å². The van der Waals surface area contributed by atoms with E-state index >= 15 is 0 Å². The molecule has 3 aliphatic heterocycles. The number of aromatic nitrogens is 2. The molecule has 3 aromatic rings. The zero-order valence-electron chi connectivity index (χ0n) is 17.4. The van der Waals surface area contributed by atoms with Gasteiger partial charge < -0.3 is 20.3 Å². The lowest BCUT2D eigenvalue weighted by atomic mass is 10.0. The molecule has 3 atom stereocenters. The van der Waals surface area contributed by atoms with Crippen molar-refractivity contribution >= 4 is 28.1 Å². The largest absolute Gasteiger partial charge is 0.475 e. The van der Waals surface area contributed by atoms with E-state index in [9.17, 15) is 13.2 Å². The van der Waals surface area contributed by atoms with Gasteiger partial charge in [-0.1, -0.05) is 0 Å². The highest BCUT2D eigenvalue weighted by Gasteiger charge is 2.43. The third-order valence-corrected chi connectivity index (χ3v) is 6.81. The standard InChI is InChI=1S/C23H22F3N5O/c1-12-16-8-9-27-21-19(16)22(32-11-18-17-7-6-15(28-17)10-31(18)21)30-20(12)29-14-4-2-13(3-5-14)23(24,25)26/h2-5,8-9,15,17-18,28H,6-7,10-11H2,1H3,(H,29,30). The minimum Gasteiger partial charge on any atom is -0.475 e. The summed E-state index contributed by atoms with van der Waals surface area (Å²) in [7, 11) is 0. The van der Waals surface area contributed by atoms with Crippen molar-refractivity contribution in [2.24, 2.45) is 0 Å². The summed E-state index contributed by atoms with van der Waals surface area (Å²) >= 11 is 0. The van der Waals surface area contributed by atoms with Crippen molar-refractivity contribution in [3.63, 3.8) is 0 Å². The molecule has 5 heterocycles. The number of anilines is 3. The number of piperazine rings is 1. The fraction of sp³-hybridized carbons (Fsp3) is 0.391. The van der Waals surface area contributed by atoms with Crippen molar-refractivity contribution in [1.82, 2.24) is 15.3 Å². The second kappa shape index (κ2) is 6.96. The van der Waals surface area contributed by atoms with Gasteiger partial charge in [0.1, 0.15) is 18.2 Å². The van der Waals surface area contributed by atoms with Crippen LogP contribution in [-0.4, -0.2) is 41.2 Å². The molecule has 32 heavy (non-hydrogen) atoms. The Morgan fingerprint density at radius 2 is 1.97 bits per heavy atom. The maximum atomic E-state index is 12.9. The highest BCUT2D eigenvalue weighted by molar-refractivity contribution is 6.00. The number of nitrogens with zero attached hydrogens (tertiary/aromatic N) is 3. The molecule has 0 aliphatic carbocycles. The van der Waals surface area contributed by atoms with Gasteiger partial charge in [-0.25, -0.2) is 4.98 Å². The number of aryl methyl sites for hydroxylation is 1. The second-order valence-corrected chi connectivity index (χ2v) is 8.73. The number of pyridine rings is 2. The maximum absolute atomic E-state index is 12.9. The van der Waals surface area contributed by atoms with E-state index in [0.29, 0.717) is 36.1 Å². The van der Waals surface area contributed by atoms with E-state index in [4.69, 9.17) is 14.7 Å². The fourth-order valence-corrected chi connectivity index (χ4v) is 5.17. The SMILES string of the molecule is Cc1c(Nc2ccc(C(F)(F)F)cc2)nc2c3c(nccc13)N1CC3CCC(N3)C1CO2. The number of hydrogen-bond donors (Lipinski definition) is 2. The Balaban J connectivity index is 1.41. The molecule has 0 amide bonds. The molecular weight excluding hydrogens is 419 g/mol. The van der Waals surface area contributed by atoms with Gasteiger partial charge in [-0.05, 0) is 55.5 Å². The maximum Gasteiger partial charge on any atom is 0.416 e. The van der Waals surface area contributed by atoms with Gasteiger partial charge >= 0.3 is 6.18 Å². The Bertz CT molecular complexity index is 1200. The van der Waals surface area contributed by atoms with Crippen molar-refractivity contribution < 1.29 is 17.9 Å². The molecule has 6 rings (SSSR count). The van der Waals surface area contributed by atoms with E-state index < -0.39 is 11.7 Å². The molecule has 2 fully saturated rings. The molecule has 0 radical (unpaired) electrons. The number of halogens is 3. The van der Waals surface area contributed by atoms with Crippen LogP contribution in [0.15, 0.2) is 36.5 Å². The summed E-state index contributed by atoms with van der Waals surface area (Å²) in [5, 5.41) is 8.72. The van der Waals surface area contributed by atoms with E-state index in [1.54, 1.807) is 0 Å². The highest BCUT2D eigenvalue weighted by Crippen LogP contribution is 2.42. The molecule has 3 unspecified atom stereocenters. The fourth-order valence-electron chi connectivity index (χ4n) is 5.17. The van der Waals surface area contributed by atoms with Crippen LogP contribution < -0.4 is 20.3 Å². The summed E-state index contributed by atoms with van der Waals surface area (Å²) in [5.74, 6) is 1.97. The number of benzene rings is 1. The normalized spacial score (nSPS) is 24.1. The number of fused-ring (bicyclic) bond motifs is 5. The molecule has 166 valence electrons. The molecule has 2 N–H and O–H groups in total. The average Bonchev–Trinajstić information content (AvgIpc) is 3.08. The predicted molar refractivity (Wildman–Crippen MR) is 116 cm³/mol. The molecule has 2 aromatic heterocycles. The van der Waals surface area contributed by atoms with Gasteiger partial charge in [0, 0.05) is 36.1 Å². The Hall–Kier alpha value is -3.07. The van der Waals surface area contributed by atoms with Gasteiger partial charge in [-0.15, -0.1) is 0 Å². The van der Waals surface area contributed by atoms with Crippen LogP contribution in [0.4, 0.5) is 30.5 Å². The first-order chi connectivity index (χ1) is 15.4. The van der Waals surface area contributed by atoms with Crippen LogP contribution >= 0.6 is 0 Å². The van der Waals surface area contributed by atoms with Gasteiger partial charge in [0.15, 0.2) is 0 Å². The van der Waals surface area contributed by atoms with Gasteiger partial charge in [-0.3, -0.25) is 0 Å². The Morgan fingerprint density at radius 1 is 1.16 bits per heavy atom. The lowest BCUT2D eigenvalue weighted by Crippen LogP contribution is -2.60. The Kier molecular flexibility index (Phi) is 4.27. The minimum atomic E-state index is -4.37. The number of rotatable bonds is 2. The first-order valence-electron chi connectivity index (χ1n) is 10.8. The van der Waals surface area contributed by atoms with Crippen LogP contribution in [0.5, 0.6) is 5.88 Å². The molecule has 0 spiro atoms. The summed E-state index contributed by atoms with van der Waals surface area (Å²) in [6.45, 7) is 3.35. The van der Waals surface area contributed by atoms with E-state index in [2.05, 4.69) is 15.5 Å². The average molecular weight is 441 g/mol. The van der Waals surface area contributed by atoms with Crippen LogP contribution in [-0.2, 0) is 6.18 Å². The van der Waals surface area contributed by atoms with Crippen LogP contribution in [0.2, 0.25) is 0 Å². The molecule has 2 bridgehead atoms. The molecule has 9 heteroatoms. The highest BCUT2D eigenvalue weighted by atomic mass is 19.4. The van der Waals surface area contributed by atoms with Crippen LogP contribution in [0.3, 0.4) is 0 Å². The minimum absolute atomic E-state index is 0.188. The molecule has 2 saturated heterocycles. The van der Waals surface area contributed by atoms with Crippen molar-refractivity contribution in [1.29, 1.82) is 0 Å². The lowest BCUT2D eigenvalue weighted by Gasteiger charge is -2.40. The first-order valence-corrected chi connectivity index (χ1v) is 10.8. The molecular formula is C23H22F3N5O. The zero-order chi connectivity index (χ0) is 22.0. The lowest BCUT2D eigenvalue weighted by molar-refractivity contribution is -0.137. The number of alkyl halides is 3. The van der Waals surface area contributed by atoms with E-state index in [1.165, 1.54) is 12.1 Å². The van der Waals surface area contributed by atoms with Gasteiger partial charge in [0.25, 0.3) is 0 Å². The van der Waals surface area contributed by atoms with E-state index in [0.717, 1.165) is 53.7 Å². The van der Waals surface area contributed by atoms with Gasteiger partial charge in [-0.2, -0.15) is 18.2 Å². The number of nitrogens with one attached hydrogen (secondary N) is 2. The zero-order valence-corrected chi connectivity index (χ0v) is 17.4. The third kappa shape index (κ3) is 3.06. The summed E-state index contributed by atoms with van der Waals surface area (Å²) in [4.78, 5) is 11.8. The number of hydrogen-bond acceptors (Lipinski definition) is 6. The topological polar surface area (TPSA) is 62.3 Å². The monoisotopic (exact) mass is 441 g/mol. The molecule has 1 aromatic carbocycles. The van der Waals surface area contributed by atoms with Crippen LogP contribution in [0.1, 0.15) is 24.0 Å². The summed E-state index contributed by atoms with van der Waals surface area (Å²) in [5.41, 5.74) is 0.742. The van der Waals surface area contributed by atoms with Crippen molar-refractivity contribution in [2.45, 2.75) is 44.1 Å². The quantitative estimate of drug-likeness (QED) is 0.615. The Morgan fingerprint density at radius 3 is 2.75 bits per heavy atom. The second-order valence-electron chi connectivity index (χ2n) is 8.73. The smallest absolute Gasteiger partial charge is 0.416 e. The third-order valence-electron chi connectivity index (χ3n) is 6.81. The summed E-state index contributed by atoms with van der Waals surface area (Å²) in [6, 6.07) is 7.90. The molecule has 6 nitrogen and oxygen atoms in total. The van der Waals surface area contributed by atoms with Gasteiger partial charge in [0.2, 0.25) is 5.88 Å². The van der Waals surface area contributed by atoms with Crippen LogP contribution in [0, 0.1) is 6.92 Å². The summed E-state index contributed by atoms with van der Waals surface area (Å²) in [6.07, 6.45) is -0.277. The Labute approximate surface area is 182 Å². The van der Waals surface area contributed by atoms with Crippen molar-refractivity contribution in [2.75, 3.05) is 23.4 Å². The molecule has 0 saturated carbocycles. The van der Waals surface area contributed by atoms with Crippen molar-refractivity contribution in [3.05, 3.63) is 47.7 Å². The summed E-state index contributed by atoms with van der Waals surface area (Å²) < 4.78 is 44.9. The van der Waals surface area contributed by atoms with Gasteiger partial charge in [0.05, 0.1) is 17.0 Å². The first kappa shape index (κ1) is 19.6. The predicted octanol–water partition coefficient (Wildman–Crippen LogP) is 4.40. The number of ether oxygens (including phenoxy) is 1. The van der Waals surface area contributed by atoms with Crippen LogP contribution in [0.25, 0.3) is 10.8 Å². The van der Waals surface area contributed by atoms with Crippen molar-refractivity contribution in [3.8, 4) is 5.88 Å². The molecule has 3 aliphatic rings. The van der Waals surface area contributed by atoms with E-state index in [1.807, 2.05) is 19.2 Å².